The van der Waals surface area contributed by atoms with Crippen molar-refractivity contribution in [1.82, 2.24) is 10.3 Å². The number of piperazine rings is 1. The highest BCUT2D eigenvalue weighted by molar-refractivity contribution is 7.21. The number of anilines is 1. The van der Waals surface area contributed by atoms with Gasteiger partial charge in [0.1, 0.15) is 16.1 Å². The van der Waals surface area contributed by atoms with E-state index < -0.39 is 0 Å². The van der Waals surface area contributed by atoms with Crippen molar-refractivity contribution in [3.63, 3.8) is 0 Å². The molecule has 1 saturated heterocycles. The summed E-state index contributed by atoms with van der Waals surface area (Å²) in [6.45, 7) is 3.81. The van der Waals surface area contributed by atoms with Crippen molar-refractivity contribution in [1.29, 1.82) is 0 Å². The van der Waals surface area contributed by atoms with Crippen LogP contribution in [0.25, 0.3) is 31.8 Å². The highest BCUT2D eigenvalue weighted by atomic mass is 35.5. The second-order valence-corrected chi connectivity index (χ2v) is 7.95. The molecule has 3 heterocycles. The minimum atomic E-state index is -0.380. The second-order valence-electron chi connectivity index (χ2n) is 6.51. The first-order valence-corrected chi connectivity index (χ1v) is 9.97. The van der Waals surface area contributed by atoms with Crippen molar-refractivity contribution >= 4 is 62.2 Å². The van der Waals surface area contributed by atoms with Crippen LogP contribution in [0.15, 0.2) is 51.7 Å². The standard InChI is InChI=1S/C20H16ClN3O2S.ClH/c21-15-2-1-3-17-18(15)23-19(27-17)14-10-12-4-5-13(11-16(12)26-20(14)25)24-8-6-22-7-9-24;/h1-5,10-11,22H,6-9H2;1H. The minimum absolute atomic E-state index is 0. The summed E-state index contributed by atoms with van der Waals surface area (Å²) in [5.41, 5.74) is 2.48. The van der Waals surface area contributed by atoms with Gasteiger partial charge in [-0.15, -0.1) is 23.7 Å². The van der Waals surface area contributed by atoms with E-state index in [9.17, 15) is 4.79 Å². The van der Waals surface area contributed by atoms with Crippen LogP contribution < -0.4 is 15.8 Å². The first kappa shape index (κ1) is 19.2. The summed E-state index contributed by atoms with van der Waals surface area (Å²) in [5, 5.41) is 5.43. The Kier molecular flexibility index (Phi) is 5.29. The van der Waals surface area contributed by atoms with Crippen LogP contribution in [0.4, 0.5) is 5.69 Å². The highest BCUT2D eigenvalue weighted by Crippen LogP contribution is 2.33. The van der Waals surface area contributed by atoms with Crippen molar-refractivity contribution in [2.45, 2.75) is 0 Å². The average Bonchev–Trinajstić information content (AvgIpc) is 3.13. The molecule has 4 aromatic rings. The van der Waals surface area contributed by atoms with Gasteiger partial charge in [-0.3, -0.25) is 0 Å². The number of aromatic nitrogens is 1. The molecule has 0 bridgehead atoms. The van der Waals surface area contributed by atoms with Crippen molar-refractivity contribution in [2.75, 3.05) is 31.1 Å². The summed E-state index contributed by atoms with van der Waals surface area (Å²) in [7, 11) is 0. The topological polar surface area (TPSA) is 58.4 Å². The molecule has 5 nitrogen and oxygen atoms in total. The highest BCUT2D eigenvalue weighted by Gasteiger charge is 2.16. The second kappa shape index (κ2) is 7.72. The van der Waals surface area contributed by atoms with Gasteiger partial charge >= 0.3 is 5.63 Å². The Morgan fingerprint density at radius 2 is 1.96 bits per heavy atom. The number of benzene rings is 2. The number of nitrogens with one attached hydrogen (secondary N) is 1. The predicted octanol–water partition coefficient (Wildman–Crippen LogP) is 4.55. The number of para-hydroxylation sites is 1. The smallest absolute Gasteiger partial charge is 0.346 e. The zero-order valence-corrected chi connectivity index (χ0v) is 17.2. The number of hydrogen-bond acceptors (Lipinski definition) is 6. The fraction of sp³-hybridized carbons (Fsp3) is 0.200. The summed E-state index contributed by atoms with van der Waals surface area (Å²) in [6.07, 6.45) is 0. The molecule has 2 aromatic carbocycles. The summed E-state index contributed by atoms with van der Waals surface area (Å²) < 4.78 is 6.59. The van der Waals surface area contributed by atoms with Gasteiger partial charge in [-0.2, -0.15) is 0 Å². The van der Waals surface area contributed by atoms with Gasteiger partial charge in [-0.1, -0.05) is 17.7 Å². The molecule has 5 rings (SSSR count). The van der Waals surface area contributed by atoms with E-state index in [2.05, 4.69) is 21.3 Å². The molecule has 1 aliphatic heterocycles. The van der Waals surface area contributed by atoms with Gasteiger partial charge in [-0.25, -0.2) is 9.78 Å². The summed E-state index contributed by atoms with van der Waals surface area (Å²) in [6, 6.07) is 13.5. The first-order chi connectivity index (χ1) is 13.2. The van der Waals surface area contributed by atoms with Crippen LogP contribution in [0.2, 0.25) is 5.02 Å². The lowest BCUT2D eigenvalue weighted by Crippen LogP contribution is -2.43. The van der Waals surface area contributed by atoms with E-state index in [1.54, 1.807) is 6.07 Å². The molecule has 0 saturated carbocycles. The first-order valence-electron chi connectivity index (χ1n) is 8.78. The Balaban J connectivity index is 0.00000192. The van der Waals surface area contributed by atoms with E-state index in [0.29, 0.717) is 26.7 Å². The SMILES string of the molecule is Cl.O=c1oc2cc(N3CCNCC3)ccc2cc1-c1nc2c(Cl)cccc2s1. The number of fused-ring (bicyclic) bond motifs is 2. The van der Waals surface area contributed by atoms with Crippen molar-refractivity contribution in [3.05, 3.63) is 57.9 Å². The van der Waals surface area contributed by atoms with Crippen LogP contribution in [0, 0.1) is 0 Å². The van der Waals surface area contributed by atoms with E-state index in [1.165, 1.54) is 11.3 Å². The molecule has 0 unspecified atom stereocenters. The number of nitrogens with zero attached hydrogens (tertiary/aromatic N) is 2. The molecule has 0 radical (unpaired) electrons. The largest absolute Gasteiger partial charge is 0.422 e. The van der Waals surface area contributed by atoms with Crippen LogP contribution >= 0.6 is 35.3 Å². The van der Waals surface area contributed by atoms with Crippen LogP contribution in [0.1, 0.15) is 0 Å². The third kappa shape index (κ3) is 3.37. The predicted molar refractivity (Wildman–Crippen MR) is 118 cm³/mol. The van der Waals surface area contributed by atoms with Crippen LogP contribution in [0.3, 0.4) is 0 Å². The van der Waals surface area contributed by atoms with Crippen LogP contribution in [-0.4, -0.2) is 31.2 Å². The molecule has 28 heavy (non-hydrogen) atoms. The van der Waals surface area contributed by atoms with E-state index in [-0.39, 0.29) is 18.0 Å². The lowest BCUT2D eigenvalue weighted by atomic mass is 10.1. The summed E-state index contributed by atoms with van der Waals surface area (Å²) >= 11 is 7.66. The van der Waals surface area contributed by atoms with Crippen molar-refractivity contribution in [3.8, 4) is 10.6 Å². The van der Waals surface area contributed by atoms with E-state index in [1.807, 2.05) is 30.3 Å². The number of thiazole rings is 1. The Hall–Kier alpha value is -2.12. The van der Waals surface area contributed by atoms with Crippen molar-refractivity contribution < 1.29 is 4.42 Å². The number of halogens is 2. The molecule has 1 N–H and O–H groups in total. The molecule has 0 amide bonds. The Morgan fingerprint density at radius 3 is 2.75 bits per heavy atom. The monoisotopic (exact) mass is 433 g/mol. The Labute approximate surface area is 176 Å². The van der Waals surface area contributed by atoms with E-state index >= 15 is 0 Å². The Bertz CT molecular complexity index is 1220. The molecule has 0 spiro atoms. The number of rotatable bonds is 2. The zero-order valence-electron chi connectivity index (χ0n) is 14.8. The molecule has 1 aliphatic rings. The van der Waals surface area contributed by atoms with Crippen LogP contribution in [0.5, 0.6) is 0 Å². The van der Waals surface area contributed by atoms with E-state index in [4.69, 9.17) is 16.0 Å². The van der Waals surface area contributed by atoms with E-state index in [0.717, 1.165) is 42.0 Å². The van der Waals surface area contributed by atoms with Gasteiger partial charge in [0, 0.05) is 43.3 Å². The molecule has 1 fully saturated rings. The minimum Gasteiger partial charge on any atom is -0.422 e. The quantitative estimate of drug-likeness (QED) is 0.469. The molecule has 0 aliphatic carbocycles. The maximum atomic E-state index is 12.6. The average molecular weight is 434 g/mol. The van der Waals surface area contributed by atoms with Gasteiger partial charge in [0.05, 0.1) is 15.3 Å². The van der Waals surface area contributed by atoms with Gasteiger partial charge in [0.15, 0.2) is 0 Å². The maximum absolute atomic E-state index is 12.6. The fourth-order valence-corrected chi connectivity index (χ4v) is 4.67. The van der Waals surface area contributed by atoms with Crippen LogP contribution in [-0.2, 0) is 0 Å². The summed E-state index contributed by atoms with van der Waals surface area (Å²) in [4.78, 5) is 19.5. The molecule has 8 heteroatoms. The van der Waals surface area contributed by atoms with Gasteiger partial charge in [0.2, 0.25) is 0 Å². The normalized spacial score (nSPS) is 14.4. The molecular formula is C20H17Cl2N3O2S. The fourth-order valence-electron chi connectivity index (χ4n) is 3.40. The zero-order chi connectivity index (χ0) is 18.4. The lowest BCUT2D eigenvalue weighted by Gasteiger charge is -2.29. The summed E-state index contributed by atoms with van der Waals surface area (Å²) in [5.74, 6) is 0. The van der Waals surface area contributed by atoms with Gasteiger partial charge in [0.25, 0.3) is 0 Å². The molecule has 0 atom stereocenters. The number of hydrogen-bond donors (Lipinski definition) is 1. The molecular weight excluding hydrogens is 417 g/mol. The lowest BCUT2D eigenvalue weighted by molar-refractivity contribution is 0.561. The van der Waals surface area contributed by atoms with Gasteiger partial charge in [-0.05, 0) is 30.3 Å². The molecule has 2 aromatic heterocycles. The van der Waals surface area contributed by atoms with Gasteiger partial charge < -0.3 is 14.6 Å². The molecule has 144 valence electrons. The van der Waals surface area contributed by atoms with Crippen molar-refractivity contribution in [2.24, 2.45) is 0 Å². The third-order valence-corrected chi connectivity index (χ3v) is 6.16. The Morgan fingerprint density at radius 1 is 1.14 bits per heavy atom. The third-order valence-electron chi connectivity index (χ3n) is 4.80. The maximum Gasteiger partial charge on any atom is 0.346 e.